The van der Waals surface area contributed by atoms with Gasteiger partial charge in [0.2, 0.25) is 5.91 Å². The SMILES string of the molecule is CN(C)c1ccccc1C(=O)NC1CCCNC1=O. The van der Waals surface area contributed by atoms with Gasteiger partial charge in [-0.15, -0.1) is 0 Å². The molecule has 0 radical (unpaired) electrons. The van der Waals surface area contributed by atoms with Crippen molar-refractivity contribution in [1.29, 1.82) is 0 Å². The van der Waals surface area contributed by atoms with Crippen molar-refractivity contribution < 1.29 is 9.59 Å². The zero-order valence-corrected chi connectivity index (χ0v) is 11.3. The van der Waals surface area contributed by atoms with E-state index >= 15 is 0 Å². The molecule has 1 fully saturated rings. The van der Waals surface area contributed by atoms with Crippen LogP contribution in [0.5, 0.6) is 0 Å². The molecule has 1 aliphatic rings. The third kappa shape index (κ3) is 3.05. The Morgan fingerprint density at radius 2 is 2.11 bits per heavy atom. The third-order valence-electron chi connectivity index (χ3n) is 3.22. The summed E-state index contributed by atoms with van der Waals surface area (Å²) < 4.78 is 0. The van der Waals surface area contributed by atoms with Gasteiger partial charge in [0, 0.05) is 26.3 Å². The monoisotopic (exact) mass is 261 g/mol. The van der Waals surface area contributed by atoms with Gasteiger partial charge in [0.15, 0.2) is 0 Å². The quantitative estimate of drug-likeness (QED) is 0.844. The zero-order chi connectivity index (χ0) is 13.8. The van der Waals surface area contributed by atoms with E-state index in [0.29, 0.717) is 18.5 Å². The minimum absolute atomic E-state index is 0.0954. The molecule has 0 spiro atoms. The highest BCUT2D eigenvalue weighted by Crippen LogP contribution is 2.18. The van der Waals surface area contributed by atoms with Crippen LogP contribution < -0.4 is 15.5 Å². The molecule has 0 aromatic heterocycles. The van der Waals surface area contributed by atoms with Crippen LogP contribution in [0.15, 0.2) is 24.3 Å². The third-order valence-corrected chi connectivity index (χ3v) is 3.22. The molecule has 19 heavy (non-hydrogen) atoms. The first kappa shape index (κ1) is 13.4. The van der Waals surface area contributed by atoms with Crippen LogP contribution in [0.2, 0.25) is 0 Å². The molecule has 2 amide bonds. The van der Waals surface area contributed by atoms with Crippen molar-refractivity contribution in [2.24, 2.45) is 0 Å². The highest BCUT2D eigenvalue weighted by Gasteiger charge is 2.24. The standard InChI is InChI=1S/C14H19N3O2/c1-17(2)12-8-4-3-6-10(12)13(18)16-11-7-5-9-15-14(11)19/h3-4,6,8,11H,5,7,9H2,1-2H3,(H,15,19)(H,16,18). The second kappa shape index (κ2) is 5.73. The number of hydrogen-bond donors (Lipinski definition) is 2. The number of rotatable bonds is 3. The van der Waals surface area contributed by atoms with Crippen molar-refractivity contribution in [1.82, 2.24) is 10.6 Å². The Labute approximate surface area is 113 Å². The maximum atomic E-state index is 12.3. The minimum Gasteiger partial charge on any atom is -0.377 e. The highest BCUT2D eigenvalue weighted by molar-refractivity contribution is 6.02. The lowest BCUT2D eigenvalue weighted by Gasteiger charge is -2.24. The molecule has 1 saturated heterocycles. The number of hydrogen-bond acceptors (Lipinski definition) is 3. The average Bonchev–Trinajstić information content (AvgIpc) is 2.41. The van der Waals surface area contributed by atoms with Crippen LogP contribution in [0.4, 0.5) is 5.69 Å². The first-order valence-electron chi connectivity index (χ1n) is 6.44. The van der Waals surface area contributed by atoms with E-state index in [1.165, 1.54) is 0 Å². The van der Waals surface area contributed by atoms with Gasteiger partial charge in [-0.2, -0.15) is 0 Å². The van der Waals surface area contributed by atoms with E-state index in [9.17, 15) is 9.59 Å². The lowest BCUT2D eigenvalue weighted by molar-refractivity contribution is -0.124. The van der Waals surface area contributed by atoms with Gasteiger partial charge in [-0.3, -0.25) is 9.59 Å². The van der Waals surface area contributed by atoms with Gasteiger partial charge in [0.05, 0.1) is 5.56 Å². The molecule has 2 rings (SSSR count). The highest BCUT2D eigenvalue weighted by atomic mass is 16.2. The molecule has 5 heteroatoms. The summed E-state index contributed by atoms with van der Waals surface area (Å²) in [5, 5.41) is 5.56. The number of anilines is 1. The average molecular weight is 261 g/mol. The van der Waals surface area contributed by atoms with Gasteiger partial charge in [0.1, 0.15) is 6.04 Å². The predicted octanol–water partition coefficient (Wildman–Crippen LogP) is 0.761. The number of nitrogens with zero attached hydrogens (tertiary/aromatic N) is 1. The normalized spacial score (nSPS) is 18.6. The number of carbonyl (C=O) groups excluding carboxylic acids is 2. The van der Waals surface area contributed by atoms with E-state index in [-0.39, 0.29) is 11.8 Å². The van der Waals surface area contributed by atoms with Crippen LogP contribution in [-0.4, -0.2) is 38.5 Å². The lowest BCUT2D eigenvalue weighted by Crippen LogP contribution is -2.50. The Morgan fingerprint density at radius 1 is 1.37 bits per heavy atom. The van der Waals surface area contributed by atoms with Crippen LogP contribution in [0.25, 0.3) is 0 Å². The summed E-state index contributed by atoms with van der Waals surface area (Å²) in [5.74, 6) is -0.298. The van der Waals surface area contributed by atoms with Gasteiger partial charge >= 0.3 is 0 Å². The van der Waals surface area contributed by atoms with Gasteiger partial charge in [0.25, 0.3) is 5.91 Å². The Bertz CT molecular complexity index is 485. The predicted molar refractivity (Wildman–Crippen MR) is 74.3 cm³/mol. The summed E-state index contributed by atoms with van der Waals surface area (Å²) in [7, 11) is 3.78. The Morgan fingerprint density at radius 3 is 2.79 bits per heavy atom. The molecule has 0 bridgehead atoms. The fourth-order valence-electron chi connectivity index (χ4n) is 2.20. The molecule has 0 saturated carbocycles. The molecule has 5 nitrogen and oxygen atoms in total. The van der Waals surface area contributed by atoms with Crippen LogP contribution in [0.1, 0.15) is 23.2 Å². The first-order valence-corrected chi connectivity index (χ1v) is 6.44. The van der Waals surface area contributed by atoms with Crippen molar-refractivity contribution in [2.45, 2.75) is 18.9 Å². The molecule has 0 aliphatic carbocycles. The fraction of sp³-hybridized carbons (Fsp3) is 0.429. The summed E-state index contributed by atoms with van der Waals surface area (Å²) >= 11 is 0. The summed E-state index contributed by atoms with van der Waals surface area (Å²) in [6.07, 6.45) is 1.59. The zero-order valence-electron chi connectivity index (χ0n) is 11.3. The smallest absolute Gasteiger partial charge is 0.254 e. The minimum atomic E-state index is -0.420. The molecule has 1 unspecified atom stereocenters. The van der Waals surface area contributed by atoms with Gasteiger partial charge in [-0.1, -0.05) is 12.1 Å². The number of benzene rings is 1. The van der Waals surface area contributed by atoms with Crippen molar-refractivity contribution >= 4 is 17.5 Å². The maximum Gasteiger partial charge on any atom is 0.254 e. The van der Waals surface area contributed by atoms with Crippen molar-refractivity contribution in [3.63, 3.8) is 0 Å². The summed E-state index contributed by atoms with van der Waals surface area (Å²) in [6, 6.07) is 6.94. The molecule has 1 aromatic rings. The Kier molecular flexibility index (Phi) is 4.04. The number of amides is 2. The molecule has 1 aliphatic heterocycles. The number of para-hydroxylation sites is 1. The molecular formula is C14H19N3O2. The molecular weight excluding hydrogens is 242 g/mol. The van der Waals surface area contributed by atoms with Crippen LogP contribution >= 0.6 is 0 Å². The Hall–Kier alpha value is -2.04. The van der Waals surface area contributed by atoms with E-state index in [1.54, 1.807) is 6.07 Å². The van der Waals surface area contributed by atoms with Gasteiger partial charge in [-0.25, -0.2) is 0 Å². The fourth-order valence-corrected chi connectivity index (χ4v) is 2.20. The molecule has 102 valence electrons. The van der Waals surface area contributed by atoms with Crippen molar-refractivity contribution in [3.05, 3.63) is 29.8 Å². The molecule has 1 heterocycles. The van der Waals surface area contributed by atoms with E-state index in [1.807, 2.05) is 37.2 Å². The Balaban J connectivity index is 2.13. The van der Waals surface area contributed by atoms with Gasteiger partial charge < -0.3 is 15.5 Å². The number of carbonyl (C=O) groups is 2. The van der Waals surface area contributed by atoms with E-state index in [4.69, 9.17) is 0 Å². The van der Waals surface area contributed by atoms with Crippen molar-refractivity contribution in [2.75, 3.05) is 25.5 Å². The van der Waals surface area contributed by atoms with Crippen molar-refractivity contribution in [3.8, 4) is 0 Å². The largest absolute Gasteiger partial charge is 0.377 e. The summed E-state index contributed by atoms with van der Waals surface area (Å²) in [6.45, 7) is 0.694. The van der Waals surface area contributed by atoms with E-state index < -0.39 is 6.04 Å². The summed E-state index contributed by atoms with van der Waals surface area (Å²) in [5.41, 5.74) is 1.43. The van der Waals surface area contributed by atoms with E-state index in [2.05, 4.69) is 10.6 Å². The molecule has 2 N–H and O–H groups in total. The van der Waals surface area contributed by atoms with E-state index in [0.717, 1.165) is 12.1 Å². The second-order valence-corrected chi connectivity index (χ2v) is 4.87. The molecule has 1 aromatic carbocycles. The second-order valence-electron chi connectivity index (χ2n) is 4.87. The lowest BCUT2D eigenvalue weighted by atomic mass is 10.1. The van der Waals surface area contributed by atoms with Gasteiger partial charge in [-0.05, 0) is 25.0 Å². The number of nitrogens with one attached hydrogen (secondary N) is 2. The van der Waals surface area contributed by atoms with Crippen LogP contribution in [0.3, 0.4) is 0 Å². The number of piperidine rings is 1. The van der Waals surface area contributed by atoms with Crippen LogP contribution in [0, 0.1) is 0 Å². The summed E-state index contributed by atoms with van der Waals surface area (Å²) in [4.78, 5) is 25.8. The topological polar surface area (TPSA) is 61.4 Å². The maximum absolute atomic E-state index is 12.3. The first-order chi connectivity index (χ1) is 9.09. The molecule has 1 atom stereocenters. The van der Waals surface area contributed by atoms with Crippen LogP contribution in [-0.2, 0) is 4.79 Å².